The van der Waals surface area contributed by atoms with Gasteiger partial charge in [0.05, 0.1) is 6.21 Å². The smallest absolute Gasteiger partial charge is 0.277 e. The highest BCUT2D eigenvalue weighted by Gasteiger charge is 2.06. The molecule has 1 N–H and O–H groups in total. The van der Waals surface area contributed by atoms with E-state index in [4.69, 9.17) is 4.74 Å². The summed E-state index contributed by atoms with van der Waals surface area (Å²) in [6.45, 7) is 3.84. The van der Waals surface area contributed by atoms with Crippen LogP contribution in [0.4, 0.5) is 5.69 Å². The maximum absolute atomic E-state index is 11.8. The van der Waals surface area contributed by atoms with Gasteiger partial charge in [-0.15, -0.1) is 0 Å². The van der Waals surface area contributed by atoms with E-state index in [9.17, 15) is 4.79 Å². The Labute approximate surface area is 142 Å². The predicted octanol–water partition coefficient (Wildman–Crippen LogP) is 2.90. The summed E-state index contributed by atoms with van der Waals surface area (Å²) < 4.78 is 5.58. The molecular formula is C19H23N3O2. The number of carbonyl (C=O) groups excluding carboxylic acids is 1. The van der Waals surface area contributed by atoms with Gasteiger partial charge in [0.25, 0.3) is 5.91 Å². The summed E-state index contributed by atoms with van der Waals surface area (Å²) in [7, 11) is 3.97. The first-order valence-electron chi connectivity index (χ1n) is 7.75. The molecule has 0 radical (unpaired) electrons. The number of rotatable bonds is 6. The van der Waals surface area contributed by atoms with Crippen molar-refractivity contribution >= 4 is 17.8 Å². The number of benzene rings is 2. The number of nitrogens with zero attached hydrogens (tertiary/aromatic N) is 2. The summed E-state index contributed by atoms with van der Waals surface area (Å²) in [5, 5.41) is 3.96. The minimum Gasteiger partial charge on any atom is -0.483 e. The Morgan fingerprint density at radius 2 is 1.75 bits per heavy atom. The van der Waals surface area contributed by atoms with Crippen molar-refractivity contribution in [2.45, 2.75) is 13.8 Å². The summed E-state index contributed by atoms with van der Waals surface area (Å²) in [5.41, 5.74) is 6.51. The lowest BCUT2D eigenvalue weighted by molar-refractivity contribution is -0.123. The molecule has 0 spiro atoms. The van der Waals surface area contributed by atoms with Crippen molar-refractivity contribution in [1.29, 1.82) is 0 Å². The Morgan fingerprint density at radius 3 is 2.33 bits per heavy atom. The molecular weight excluding hydrogens is 302 g/mol. The number of anilines is 1. The van der Waals surface area contributed by atoms with Gasteiger partial charge in [-0.2, -0.15) is 5.10 Å². The lowest BCUT2D eigenvalue weighted by Gasteiger charge is -2.11. The minimum atomic E-state index is -0.293. The van der Waals surface area contributed by atoms with Gasteiger partial charge in [-0.1, -0.05) is 30.3 Å². The van der Waals surface area contributed by atoms with E-state index in [1.807, 2.05) is 75.3 Å². The third-order valence-electron chi connectivity index (χ3n) is 3.57. The molecule has 0 saturated carbocycles. The van der Waals surface area contributed by atoms with E-state index in [-0.39, 0.29) is 12.5 Å². The molecule has 2 rings (SSSR count). The van der Waals surface area contributed by atoms with E-state index in [1.54, 1.807) is 6.21 Å². The predicted molar refractivity (Wildman–Crippen MR) is 97.9 cm³/mol. The van der Waals surface area contributed by atoms with Gasteiger partial charge in [-0.3, -0.25) is 4.79 Å². The fourth-order valence-electron chi connectivity index (χ4n) is 2.23. The zero-order chi connectivity index (χ0) is 17.5. The third-order valence-corrected chi connectivity index (χ3v) is 3.57. The Hall–Kier alpha value is -2.82. The van der Waals surface area contributed by atoms with Crippen LogP contribution in [0.1, 0.15) is 16.7 Å². The zero-order valence-electron chi connectivity index (χ0n) is 14.5. The first kappa shape index (κ1) is 17.5. The molecule has 0 aliphatic heterocycles. The summed E-state index contributed by atoms with van der Waals surface area (Å²) in [4.78, 5) is 13.8. The van der Waals surface area contributed by atoms with Crippen LogP contribution in [0.25, 0.3) is 0 Å². The van der Waals surface area contributed by atoms with Gasteiger partial charge < -0.3 is 9.64 Å². The molecule has 0 atom stereocenters. The van der Waals surface area contributed by atoms with Gasteiger partial charge in [0.2, 0.25) is 0 Å². The maximum Gasteiger partial charge on any atom is 0.277 e. The number of hydrogen-bond donors (Lipinski definition) is 1. The van der Waals surface area contributed by atoms with Gasteiger partial charge >= 0.3 is 0 Å². The largest absolute Gasteiger partial charge is 0.483 e. The quantitative estimate of drug-likeness (QED) is 0.656. The molecule has 0 unspecified atom stereocenters. The van der Waals surface area contributed by atoms with Crippen molar-refractivity contribution in [3.8, 4) is 5.75 Å². The van der Waals surface area contributed by atoms with Crippen LogP contribution in [0.3, 0.4) is 0 Å². The van der Waals surface area contributed by atoms with Crippen LogP contribution in [0, 0.1) is 13.8 Å². The zero-order valence-corrected chi connectivity index (χ0v) is 14.5. The first-order valence-corrected chi connectivity index (χ1v) is 7.75. The molecule has 0 aromatic heterocycles. The van der Waals surface area contributed by atoms with E-state index in [1.165, 1.54) is 0 Å². The van der Waals surface area contributed by atoms with Gasteiger partial charge in [0, 0.05) is 19.8 Å². The van der Waals surface area contributed by atoms with Gasteiger partial charge in [-0.05, 0) is 42.7 Å². The second kappa shape index (κ2) is 8.15. The van der Waals surface area contributed by atoms with E-state index in [0.717, 1.165) is 28.1 Å². The van der Waals surface area contributed by atoms with Crippen LogP contribution in [0.15, 0.2) is 47.6 Å². The lowest BCUT2D eigenvalue weighted by Crippen LogP contribution is -2.25. The van der Waals surface area contributed by atoms with Crippen LogP contribution in [0.5, 0.6) is 5.75 Å². The normalized spacial score (nSPS) is 10.7. The van der Waals surface area contributed by atoms with Crippen LogP contribution in [-0.2, 0) is 4.79 Å². The fourth-order valence-corrected chi connectivity index (χ4v) is 2.23. The van der Waals surface area contributed by atoms with Crippen LogP contribution in [-0.4, -0.2) is 32.8 Å². The Kier molecular flexibility index (Phi) is 5.95. The summed E-state index contributed by atoms with van der Waals surface area (Å²) in [6, 6.07) is 13.7. The van der Waals surface area contributed by atoms with Crippen LogP contribution < -0.4 is 15.1 Å². The molecule has 126 valence electrons. The molecule has 0 aliphatic rings. The number of aryl methyl sites for hydroxylation is 2. The number of amides is 1. The molecule has 24 heavy (non-hydrogen) atoms. The third kappa shape index (κ3) is 4.84. The number of hydrogen-bond acceptors (Lipinski definition) is 4. The highest BCUT2D eigenvalue weighted by Crippen LogP contribution is 2.21. The molecule has 2 aromatic carbocycles. The maximum atomic E-state index is 11.8. The Morgan fingerprint density at radius 1 is 1.12 bits per heavy atom. The summed E-state index contributed by atoms with van der Waals surface area (Å²) >= 11 is 0. The van der Waals surface area contributed by atoms with Crippen molar-refractivity contribution in [1.82, 2.24) is 5.43 Å². The monoisotopic (exact) mass is 325 g/mol. The molecule has 0 heterocycles. The lowest BCUT2D eigenvalue weighted by atomic mass is 10.1. The van der Waals surface area contributed by atoms with Crippen molar-refractivity contribution < 1.29 is 9.53 Å². The topological polar surface area (TPSA) is 53.9 Å². The second-order valence-corrected chi connectivity index (χ2v) is 5.79. The number of hydrazone groups is 1. The van der Waals surface area contributed by atoms with Gasteiger partial charge in [-0.25, -0.2) is 5.43 Å². The Bertz CT molecular complexity index is 702. The van der Waals surface area contributed by atoms with Crippen LogP contribution in [0.2, 0.25) is 0 Å². The van der Waals surface area contributed by atoms with Gasteiger partial charge in [0.1, 0.15) is 5.75 Å². The highest BCUT2D eigenvalue weighted by molar-refractivity contribution is 5.83. The molecule has 5 heteroatoms. The average Bonchev–Trinajstić information content (AvgIpc) is 2.55. The van der Waals surface area contributed by atoms with Crippen molar-refractivity contribution in [3.63, 3.8) is 0 Å². The molecule has 2 aromatic rings. The summed E-state index contributed by atoms with van der Waals surface area (Å²) in [6.07, 6.45) is 1.61. The number of nitrogens with one attached hydrogen (secondary N) is 1. The fraction of sp³-hybridized carbons (Fsp3) is 0.263. The highest BCUT2D eigenvalue weighted by atomic mass is 16.5. The van der Waals surface area contributed by atoms with E-state index >= 15 is 0 Å². The molecule has 1 amide bonds. The molecule has 0 fully saturated rings. The minimum absolute atomic E-state index is 0.0669. The van der Waals surface area contributed by atoms with E-state index < -0.39 is 0 Å². The van der Waals surface area contributed by atoms with Crippen molar-refractivity contribution in [3.05, 3.63) is 59.2 Å². The number of ether oxygens (including phenoxy) is 1. The van der Waals surface area contributed by atoms with E-state index in [0.29, 0.717) is 0 Å². The summed E-state index contributed by atoms with van der Waals surface area (Å²) in [5.74, 6) is 0.453. The van der Waals surface area contributed by atoms with Gasteiger partial charge in [0.15, 0.2) is 6.61 Å². The van der Waals surface area contributed by atoms with Crippen molar-refractivity contribution in [2.75, 3.05) is 25.6 Å². The SMILES string of the molecule is Cc1cccc(C)c1OCC(=O)N/N=C/c1ccc(N(C)C)cc1. The average molecular weight is 325 g/mol. The molecule has 0 bridgehead atoms. The number of carbonyl (C=O) groups is 1. The number of para-hydroxylation sites is 1. The molecule has 0 aliphatic carbocycles. The van der Waals surface area contributed by atoms with E-state index in [2.05, 4.69) is 10.5 Å². The molecule has 5 nitrogen and oxygen atoms in total. The first-order chi connectivity index (χ1) is 11.5. The Balaban J connectivity index is 1.84. The standard InChI is InChI=1S/C19H23N3O2/c1-14-6-5-7-15(2)19(14)24-13-18(23)21-20-12-16-8-10-17(11-9-16)22(3)4/h5-12H,13H2,1-4H3,(H,21,23)/b20-12+. The molecule has 0 saturated heterocycles. The second-order valence-electron chi connectivity index (χ2n) is 5.79. The van der Waals surface area contributed by atoms with Crippen LogP contribution >= 0.6 is 0 Å². The van der Waals surface area contributed by atoms with Crippen molar-refractivity contribution in [2.24, 2.45) is 5.10 Å².